The normalized spacial score (nSPS) is 9.88. The van der Waals surface area contributed by atoms with Crippen LogP contribution in [0.4, 0.5) is 8.78 Å². The van der Waals surface area contributed by atoms with Crippen molar-refractivity contribution in [1.29, 1.82) is 0 Å². The van der Waals surface area contributed by atoms with E-state index in [1.165, 1.54) is 12.1 Å². The highest BCUT2D eigenvalue weighted by molar-refractivity contribution is 7.98. The summed E-state index contributed by atoms with van der Waals surface area (Å²) in [6, 6.07) is 2.44. The Morgan fingerprint density at radius 1 is 1.18 bits per heavy atom. The smallest absolute Gasteiger partial charge is 0.143 e. The fourth-order valence-corrected chi connectivity index (χ4v) is 1.59. The van der Waals surface area contributed by atoms with Gasteiger partial charge in [0.25, 0.3) is 0 Å². The van der Waals surface area contributed by atoms with Crippen LogP contribution in [0.5, 0.6) is 5.75 Å². The fraction of sp³-hybridized carbons (Fsp3) is 0.538. The molecule has 0 aliphatic carbocycles. The summed E-state index contributed by atoms with van der Waals surface area (Å²) in [7, 11) is 0. The first-order chi connectivity index (χ1) is 8.04. The second-order valence-corrected chi connectivity index (χ2v) is 4.44. The first kappa shape index (κ1) is 16.2. The highest BCUT2D eigenvalue weighted by atomic mass is 32.2. The second kappa shape index (κ2) is 8.34. The van der Waals surface area contributed by atoms with Crippen molar-refractivity contribution >= 4 is 11.8 Å². The van der Waals surface area contributed by atoms with Crippen molar-refractivity contribution < 1.29 is 13.5 Å². The average molecular weight is 262 g/mol. The molecule has 0 spiro atoms. The van der Waals surface area contributed by atoms with Gasteiger partial charge in [-0.15, -0.1) is 11.8 Å². The Balaban J connectivity index is 0.00000121. The quantitative estimate of drug-likeness (QED) is 0.724. The summed E-state index contributed by atoms with van der Waals surface area (Å²) in [5.41, 5.74) is 0. The average Bonchev–Trinajstić information content (AvgIpc) is 2.29. The van der Waals surface area contributed by atoms with Crippen LogP contribution in [-0.2, 0) is 0 Å². The van der Waals surface area contributed by atoms with Crippen molar-refractivity contribution in [2.24, 2.45) is 5.92 Å². The van der Waals surface area contributed by atoms with Crippen LogP contribution in [0.15, 0.2) is 17.0 Å². The molecule has 1 nitrogen and oxygen atoms in total. The number of ether oxygens (including phenoxy) is 1. The summed E-state index contributed by atoms with van der Waals surface area (Å²) < 4.78 is 31.8. The summed E-state index contributed by atoms with van der Waals surface area (Å²) in [6.07, 6.45) is 1.64. The van der Waals surface area contributed by atoms with Gasteiger partial charge >= 0.3 is 0 Å². The van der Waals surface area contributed by atoms with E-state index in [9.17, 15) is 8.78 Å². The van der Waals surface area contributed by atoms with Crippen LogP contribution in [-0.4, -0.2) is 12.9 Å². The minimum Gasteiger partial charge on any atom is -0.493 e. The van der Waals surface area contributed by atoms with Crippen LogP contribution in [0.1, 0.15) is 27.7 Å². The van der Waals surface area contributed by atoms with Gasteiger partial charge in [0.05, 0.1) is 11.5 Å². The third kappa shape index (κ3) is 5.39. The van der Waals surface area contributed by atoms with E-state index >= 15 is 0 Å². The van der Waals surface area contributed by atoms with E-state index in [4.69, 9.17) is 4.74 Å². The lowest BCUT2D eigenvalue weighted by molar-refractivity contribution is 0.268. The Labute approximate surface area is 107 Å². The van der Waals surface area contributed by atoms with Gasteiger partial charge in [0, 0.05) is 12.1 Å². The van der Waals surface area contributed by atoms with Gasteiger partial charge in [-0.1, -0.05) is 27.7 Å². The summed E-state index contributed by atoms with van der Waals surface area (Å²) in [4.78, 5) is 0.0342. The number of benzene rings is 1. The molecule has 0 fully saturated rings. The van der Waals surface area contributed by atoms with Gasteiger partial charge in [-0.25, -0.2) is 8.78 Å². The summed E-state index contributed by atoms with van der Waals surface area (Å²) in [6.45, 7) is 8.41. The summed E-state index contributed by atoms with van der Waals surface area (Å²) in [5.74, 6) is -0.560. The van der Waals surface area contributed by atoms with Gasteiger partial charge in [0.2, 0.25) is 0 Å². The molecule has 4 heteroatoms. The van der Waals surface area contributed by atoms with Crippen molar-refractivity contribution in [3.63, 3.8) is 0 Å². The number of rotatable bonds is 4. The van der Waals surface area contributed by atoms with E-state index in [-0.39, 0.29) is 10.6 Å². The Bertz CT molecular complexity index is 317. The predicted molar refractivity (Wildman–Crippen MR) is 69.8 cm³/mol. The fourth-order valence-electron chi connectivity index (χ4n) is 1.08. The zero-order chi connectivity index (χ0) is 13.4. The first-order valence-corrected chi connectivity index (χ1v) is 6.93. The van der Waals surface area contributed by atoms with E-state index in [2.05, 4.69) is 0 Å². The van der Waals surface area contributed by atoms with E-state index < -0.39 is 11.6 Å². The Morgan fingerprint density at radius 3 is 2.00 bits per heavy atom. The van der Waals surface area contributed by atoms with Gasteiger partial charge in [-0.2, -0.15) is 0 Å². The SMILES string of the molecule is CC.CSc1c(F)cc(OCC(C)C)cc1F. The molecule has 0 saturated carbocycles. The summed E-state index contributed by atoms with van der Waals surface area (Å²) in [5, 5.41) is 0. The molecule has 0 N–H and O–H groups in total. The molecule has 0 aliphatic heterocycles. The molecular formula is C13H20F2OS. The Kier molecular flexibility index (Phi) is 7.96. The number of halogens is 2. The van der Waals surface area contributed by atoms with E-state index in [1.807, 2.05) is 27.7 Å². The van der Waals surface area contributed by atoms with Gasteiger partial charge in [0.15, 0.2) is 0 Å². The molecule has 0 saturated heterocycles. The van der Waals surface area contributed by atoms with Crippen LogP contribution in [0.3, 0.4) is 0 Å². The number of hydrogen-bond acceptors (Lipinski definition) is 2. The molecule has 0 aliphatic rings. The lowest BCUT2D eigenvalue weighted by Gasteiger charge is -2.10. The van der Waals surface area contributed by atoms with Gasteiger partial charge in [-0.05, 0) is 12.2 Å². The molecule has 1 aromatic carbocycles. The minimum atomic E-state index is -0.568. The van der Waals surface area contributed by atoms with Gasteiger partial charge in [0.1, 0.15) is 17.4 Å². The molecule has 98 valence electrons. The van der Waals surface area contributed by atoms with Gasteiger partial charge < -0.3 is 4.74 Å². The molecule has 17 heavy (non-hydrogen) atoms. The van der Waals surface area contributed by atoms with Crippen molar-refractivity contribution in [2.75, 3.05) is 12.9 Å². The topological polar surface area (TPSA) is 9.23 Å². The molecule has 1 aromatic rings. The molecule has 0 atom stereocenters. The highest BCUT2D eigenvalue weighted by Crippen LogP contribution is 2.27. The third-order valence-electron chi connectivity index (χ3n) is 1.76. The van der Waals surface area contributed by atoms with Crippen LogP contribution < -0.4 is 4.74 Å². The molecule has 1 rings (SSSR count). The zero-order valence-electron chi connectivity index (χ0n) is 11.0. The molecule has 0 bridgehead atoms. The van der Waals surface area contributed by atoms with Gasteiger partial charge in [-0.3, -0.25) is 0 Å². The standard InChI is InChI=1S/C11H14F2OS.C2H6/c1-7(2)6-14-8-4-9(12)11(15-3)10(13)5-8;1-2/h4-5,7H,6H2,1-3H3;1-2H3. The predicted octanol–water partition coefficient (Wildman–Crippen LogP) is 4.75. The Morgan fingerprint density at radius 2 is 1.65 bits per heavy atom. The van der Waals surface area contributed by atoms with Crippen molar-refractivity contribution in [3.05, 3.63) is 23.8 Å². The lowest BCUT2D eigenvalue weighted by Crippen LogP contribution is -2.05. The lowest BCUT2D eigenvalue weighted by atomic mass is 10.2. The minimum absolute atomic E-state index is 0.0342. The van der Waals surface area contributed by atoms with E-state index in [0.29, 0.717) is 12.5 Å². The second-order valence-electron chi connectivity index (χ2n) is 3.63. The summed E-state index contributed by atoms with van der Waals surface area (Å²) >= 11 is 1.05. The van der Waals surface area contributed by atoms with E-state index in [1.54, 1.807) is 6.26 Å². The maximum Gasteiger partial charge on any atom is 0.143 e. The van der Waals surface area contributed by atoms with E-state index in [0.717, 1.165) is 11.8 Å². The molecule has 0 aromatic heterocycles. The largest absolute Gasteiger partial charge is 0.493 e. The first-order valence-electron chi connectivity index (χ1n) is 5.70. The van der Waals surface area contributed by atoms with Crippen LogP contribution >= 0.6 is 11.8 Å². The molecule has 0 heterocycles. The highest BCUT2D eigenvalue weighted by Gasteiger charge is 2.10. The third-order valence-corrected chi connectivity index (χ3v) is 2.56. The zero-order valence-corrected chi connectivity index (χ0v) is 11.8. The molecular weight excluding hydrogens is 242 g/mol. The van der Waals surface area contributed by atoms with Crippen molar-refractivity contribution in [3.8, 4) is 5.75 Å². The molecule has 0 radical (unpaired) electrons. The number of thioether (sulfide) groups is 1. The maximum atomic E-state index is 13.3. The number of hydrogen-bond donors (Lipinski definition) is 0. The maximum absolute atomic E-state index is 13.3. The van der Waals surface area contributed by atoms with Crippen LogP contribution in [0.2, 0.25) is 0 Å². The monoisotopic (exact) mass is 262 g/mol. The van der Waals surface area contributed by atoms with Crippen molar-refractivity contribution in [2.45, 2.75) is 32.6 Å². The van der Waals surface area contributed by atoms with Crippen LogP contribution in [0, 0.1) is 17.6 Å². The van der Waals surface area contributed by atoms with Crippen LogP contribution in [0.25, 0.3) is 0 Å². The van der Waals surface area contributed by atoms with Crippen molar-refractivity contribution in [1.82, 2.24) is 0 Å². The molecule has 0 unspecified atom stereocenters. The molecule has 0 amide bonds. The Hall–Kier alpha value is -0.770.